The first-order valence-corrected chi connectivity index (χ1v) is 14.3. The molecule has 0 spiro atoms. The largest absolute Gasteiger partial charge is 0.359 e. The van der Waals surface area contributed by atoms with Crippen LogP contribution in [0.3, 0.4) is 0 Å². The van der Waals surface area contributed by atoms with Crippen LogP contribution in [0.25, 0.3) is 11.1 Å². The number of hydrogen-bond acceptors (Lipinski definition) is 2. The maximum Gasteiger partial charge on any atom is 0.0633 e. The summed E-state index contributed by atoms with van der Waals surface area (Å²) in [5.41, 5.74) is 13.8. The van der Waals surface area contributed by atoms with Crippen LogP contribution in [0.15, 0.2) is 125 Å². The van der Waals surface area contributed by atoms with E-state index in [2.05, 4.69) is 130 Å². The summed E-state index contributed by atoms with van der Waals surface area (Å²) in [5, 5.41) is 3.67. The van der Waals surface area contributed by atoms with Gasteiger partial charge in [-0.05, 0) is 130 Å². The fourth-order valence-electron chi connectivity index (χ4n) is 5.36. The zero-order valence-corrected chi connectivity index (χ0v) is 23.8. The van der Waals surface area contributed by atoms with Crippen molar-refractivity contribution in [3.63, 3.8) is 0 Å². The van der Waals surface area contributed by atoms with Crippen molar-refractivity contribution in [2.45, 2.75) is 59.8 Å². The Hall–Kier alpha value is -3.91. The quantitative estimate of drug-likeness (QED) is 0.382. The molecule has 0 saturated heterocycles. The summed E-state index contributed by atoms with van der Waals surface area (Å²) in [6, 6.07) is 17.5. The molecule has 1 atom stereocenters. The fourth-order valence-corrected chi connectivity index (χ4v) is 5.36. The third-order valence-corrected chi connectivity index (χ3v) is 7.75. The van der Waals surface area contributed by atoms with Gasteiger partial charge < -0.3 is 5.32 Å². The fraction of sp³-hybridized carbons (Fsp3) is 0.270. The molecular weight excluding hydrogens is 472 g/mol. The van der Waals surface area contributed by atoms with Crippen molar-refractivity contribution in [3.8, 4) is 0 Å². The lowest BCUT2D eigenvalue weighted by atomic mass is 9.79. The van der Waals surface area contributed by atoms with Gasteiger partial charge in [-0.15, -0.1) is 0 Å². The van der Waals surface area contributed by atoms with Crippen LogP contribution < -0.4 is 5.32 Å². The van der Waals surface area contributed by atoms with Crippen molar-refractivity contribution >= 4 is 28.2 Å². The summed E-state index contributed by atoms with van der Waals surface area (Å²) < 4.78 is 0. The van der Waals surface area contributed by atoms with Gasteiger partial charge in [0, 0.05) is 17.1 Å². The van der Waals surface area contributed by atoms with Gasteiger partial charge in [-0.2, -0.15) is 0 Å². The normalized spacial score (nSPS) is 20.3. The van der Waals surface area contributed by atoms with Gasteiger partial charge in [0.15, 0.2) is 0 Å². The Kier molecular flexibility index (Phi) is 8.42. The van der Waals surface area contributed by atoms with Crippen molar-refractivity contribution in [1.29, 1.82) is 0 Å². The number of benzene rings is 2. The van der Waals surface area contributed by atoms with Gasteiger partial charge in [0.25, 0.3) is 0 Å². The van der Waals surface area contributed by atoms with E-state index in [-0.39, 0.29) is 0 Å². The second-order valence-corrected chi connectivity index (χ2v) is 11.2. The first-order valence-electron chi connectivity index (χ1n) is 14.3. The Morgan fingerprint density at radius 1 is 0.846 bits per heavy atom. The van der Waals surface area contributed by atoms with Gasteiger partial charge >= 0.3 is 0 Å². The van der Waals surface area contributed by atoms with E-state index in [1.54, 1.807) is 0 Å². The summed E-state index contributed by atoms with van der Waals surface area (Å²) in [7, 11) is 0. The minimum Gasteiger partial charge on any atom is -0.359 e. The van der Waals surface area contributed by atoms with E-state index in [4.69, 9.17) is 4.99 Å². The second kappa shape index (κ2) is 12.3. The van der Waals surface area contributed by atoms with E-state index in [9.17, 15) is 0 Å². The summed E-state index contributed by atoms with van der Waals surface area (Å²) >= 11 is 0. The predicted octanol–water partition coefficient (Wildman–Crippen LogP) is 10.5. The summed E-state index contributed by atoms with van der Waals surface area (Å²) in [6.07, 6.45) is 23.5. The molecule has 1 unspecified atom stereocenters. The van der Waals surface area contributed by atoms with E-state index < -0.39 is 0 Å². The molecule has 3 aliphatic carbocycles. The van der Waals surface area contributed by atoms with Crippen molar-refractivity contribution < 1.29 is 0 Å². The monoisotopic (exact) mass is 512 g/mol. The number of hydrogen-bond donors (Lipinski definition) is 1. The molecule has 3 aliphatic rings. The predicted molar refractivity (Wildman–Crippen MR) is 170 cm³/mol. The first-order chi connectivity index (χ1) is 18.9. The molecule has 2 aromatic rings. The van der Waals surface area contributed by atoms with Gasteiger partial charge in [-0.25, -0.2) is 0 Å². The van der Waals surface area contributed by atoms with Crippen LogP contribution >= 0.6 is 0 Å². The lowest BCUT2D eigenvalue weighted by Crippen LogP contribution is -2.18. The van der Waals surface area contributed by atoms with Crippen LogP contribution in [0, 0.1) is 5.92 Å². The highest BCUT2D eigenvalue weighted by Crippen LogP contribution is 2.36. The second-order valence-electron chi connectivity index (χ2n) is 11.2. The Bertz CT molecular complexity index is 1440. The number of aliphatic imine (C=N–C) groups is 1. The number of nitrogens with zero attached hydrogens (tertiary/aromatic N) is 1. The highest BCUT2D eigenvalue weighted by atomic mass is 14.9. The molecule has 2 heteroatoms. The zero-order chi connectivity index (χ0) is 27.2. The van der Waals surface area contributed by atoms with E-state index in [1.807, 2.05) is 0 Å². The Labute approximate surface area is 234 Å². The van der Waals surface area contributed by atoms with E-state index in [0.29, 0.717) is 5.92 Å². The average molecular weight is 513 g/mol. The van der Waals surface area contributed by atoms with Crippen molar-refractivity contribution in [1.82, 2.24) is 0 Å². The molecule has 1 N–H and O–H groups in total. The molecule has 39 heavy (non-hydrogen) atoms. The molecule has 0 aliphatic heterocycles. The smallest absolute Gasteiger partial charge is 0.0633 e. The van der Waals surface area contributed by atoms with Crippen LogP contribution in [-0.2, 0) is 0 Å². The lowest BCUT2D eigenvalue weighted by molar-refractivity contribution is 0.515. The van der Waals surface area contributed by atoms with E-state index >= 15 is 0 Å². The number of nitrogens with one attached hydrogen (secondary N) is 1. The Morgan fingerprint density at radius 2 is 1.62 bits per heavy atom. The van der Waals surface area contributed by atoms with Gasteiger partial charge in [0.1, 0.15) is 0 Å². The third kappa shape index (κ3) is 7.15. The van der Waals surface area contributed by atoms with Crippen LogP contribution in [-0.4, -0.2) is 5.71 Å². The first kappa shape index (κ1) is 26.7. The molecule has 0 radical (unpaired) electrons. The van der Waals surface area contributed by atoms with Crippen molar-refractivity contribution in [3.05, 3.63) is 131 Å². The molecule has 0 heterocycles. The van der Waals surface area contributed by atoms with Gasteiger partial charge in [0.2, 0.25) is 0 Å². The average Bonchev–Trinajstić information content (AvgIpc) is 3.16. The standard InChI is InChI=1S/C37H40N2/c1-26(2)8-10-28(4)29-12-18-34(19-13-29)38-36-22-16-32-17-23-37(25-33(32)24-36)39-35-20-14-31(15-21-35)30-7-5-6-27(3)9-11-30/h6-15,18-21,24-25,32,38H,5,16-17,22-23H2,1-4H3/b28-10+,39-37?. The third-order valence-electron chi connectivity index (χ3n) is 7.75. The van der Waals surface area contributed by atoms with Crippen molar-refractivity contribution in [2.75, 3.05) is 5.32 Å². The summed E-state index contributed by atoms with van der Waals surface area (Å²) in [6.45, 7) is 8.57. The Morgan fingerprint density at radius 3 is 2.38 bits per heavy atom. The highest BCUT2D eigenvalue weighted by molar-refractivity contribution is 5.98. The lowest BCUT2D eigenvalue weighted by Gasteiger charge is -2.29. The van der Waals surface area contributed by atoms with E-state index in [0.717, 1.165) is 30.6 Å². The molecule has 0 amide bonds. The molecule has 2 nitrogen and oxygen atoms in total. The maximum atomic E-state index is 5.02. The highest BCUT2D eigenvalue weighted by Gasteiger charge is 2.23. The van der Waals surface area contributed by atoms with Gasteiger partial charge in [0.05, 0.1) is 5.69 Å². The molecule has 198 valence electrons. The Balaban J connectivity index is 1.27. The van der Waals surface area contributed by atoms with Crippen molar-refractivity contribution in [2.24, 2.45) is 10.9 Å². The number of anilines is 1. The molecule has 0 aromatic heterocycles. The number of fused-ring (bicyclic) bond motifs is 1. The SMILES string of the molecule is CC(C)=C/C=C(\C)c1ccc(NC2=CC3=CC(=Nc4ccc(C5=CCC=C(C)C=C5)cc4)CCC3CC2)cc1. The van der Waals surface area contributed by atoms with Crippen LogP contribution in [0.4, 0.5) is 11.4 Å². The minimum atomic E-state index is 0.646. The minimum absolute atomic E-state index is 0.646. The van der Waals surface area contributed by atoms with Crippen LogP contribution in [0.2, 0.25) is 0 Å². The van der Waals surface area contributed by atoms with E-state index in [1.165, 1.54) is 63.2 Å². The zero-order valence-electron chi connectivity index (χ0n) is 23.8. The molecule has 2 aromatic carbocycles. The summed E-state index contributed by atoms with van der Waals surface area (Å²) in [4.78, 5) is 5.02. The molecule has 0 saturated carbocycles. The number of rotatable bonds is 6. The van der Waals surface area contributed by atoms with Crippen LogP contribution in [0.5, 0.6) is 0 Å². The topological polar surface area (TPSA) is 24.4 Å². The van der Waals surface area contributed by atoms with Gasteiger partial charge in [-0.3, -0.25) is 4.99 Å². The molecule has 0 bridgehead atoms. The van der Waals surface area contributed by atoms with Gasteiger partial charge in [-0.1, -0.05) is 71.9 Å². The number of allylic oxidation sites excluding steroid dienone is 14. The molecular formula is C37H40N2. The molecule has 5 rings (SSSR count). The van der Waals surface area contributed by atoms with Crippen LogP contribution in [0.1, 0.15) is 70.9 Å². The summed E-state index contributed by atoms with van der Waals surface area (Å²) in [5.74, 6) is 0.646. The maximum absolute atomic E-state index is 5.02. The molecule has 0 fully saturated rings.